The van der Waals surface area contributed by atoms with Crippen molar-refractivity contribution in [2.45, 2.75) is 32.2 Å². The zero-order valence-electron chi connectivity index (χ0n) is 14.6. The van der Waals surface area contributed by atoms with Gasteiger partial charge in [-0.15, -0.1) is 0 Å². The molecule has 1 amide bonds. The molecule has 2 aromatic carbocycles. The Morgan fingerprint density at radius 3 is 2.62 bits per heavy atom. The van der Waals surface area contributed by atoms with Gasteiger partial charge in [0.2, 0.25) is 0 Å². The SMILES string of the molecule is Cc1ccc(C(O)C(O)CCNC(=O)OCc2ccccc2)c(C=O)c1. The van der Waals surface area contributed by atoms with Crippen molar-refractivity contribution in [1.82, 2.24) is 5.32 Å². The molecular formula is C20H23NO5. The number of aryl methyl sites for hydroxylation is 1. The zero-order chi connectivity index (χ0) is 18.9. The average molecular weight is 357 g/mol. The average Bonchev–Trinajstić information content (AvgIpc) is 2.66. The third-order valence-corrected chi connectivity index (χ3v) is 3.97. The normalized spacial score (nSPS) is 12.9. The van der Waals surface area contributed by atoms with Gasteiger partial charge in [-0.25, -0.2) is 4.79 Å². The minimum absolute atomic E-state index is 0.119. The van der Waals surface area contributed by atoms with Crippen LogP contribution in [0.4, 0.5) is 4.79 Å². The summed E-state index contributed by atoms with van der Waals surface area (Å²) in [5.41, 5.74) is 2.47. The Hall–Kier alpha value is -2.70. The molecule has 2 aromatic rings. The highest BCUT2D eigenvalue weighted by Crippen LogP contribution is 2.22. The highest BCUT2D eigenvalue weighted by atomic mass is 16.5. The third kappa shape index (κ3) is 5.68. The van der Waals surface area contributed by atoms with E-state index in [9.17, 15) is 19.8 Å². The van der Waals surface area contributed by atoms with Crippen LogP contribution in [0, 0.1) is 6.92 Å². The van der Waals surface area contributed by atoms with Gasteiger partial charge in [0.05, 0.1) is 6.10 Å². The highest BCUT2D eigenvalue weighted by Gasteiger charge is 2.21. The van der Waals surface area contributed by atoms with Gasteiger partial charge in [-0.1, -0.05) is 48.0 Å². The molecule has 26 heavy (non-hydrogen) atoms. The lowest BCUT2D eigenvalue weighted by Crippen LogP contribution is -2.30. The van der Waals surface area contributed by atoms with E-state index in [1.807, 2.05) is 37.3 Å². The molecule has 2 atom stereocenters. The second-order valence-electron chi connectivity index (χ2n) is 6.04. The van der Waals surface area contributed by atoms with E-state index in [4.69, 9.17) is 4.74 Å². The Bertz CT molecular complexity index is 732. The summed E-state index contributed by atoms with van der Waals surface area (Å²) in [6, 6.07) is 14.3. The molecule has 0 fully saturated rings. The van der Waals surface area contributed by atoms with Crippen LogP contribution in [0.3, 0.4) is 0 Å². The van der Waals surface area contributed by atoms with E-state index >= 15 is 0 Å². The van der Waals surface area contributed by atoms with Gasteiger partial charge >= 0.3 is 6.09 Å². The van der Waals surface area contributed by atoms with Crippen LogP contribution < -0.4 is 5.32 Å². The Kier molecular flexibility index (Phi) is 7.32. The van der Waals surface area contributed by atoms with Crippen LogP contribution in [0.15, 0.2) is 48.5 Å². The molecule has 0 saturated carbocycles. The Labute approximate surface area is 152 Å². The van der Waals surface area contributed by atoms with Crippen molar-refractivity contribution >= 4 is 12.4 Å². The molecule has 3 N–H and O–H groups in total. The molecule has 138 valence electrons. The minimum atomic E-state index is -1.21. The molecule has 0 spiro atoms. The molecule has 6 heteroatoms. The summed E-state index contributed by atoms with van der Waals surface area (Å²) in [6.45, 7) is 2.13. The fourth-order valence-electron chi connectivity index (χ4n) is 2.53. The number of benzene rings is 2. The van der Waals surface area contributed by atoms with E-state index in [0.717, 1.165) is 11.1 Å². The van der Waals surface area contributed by atoms with Crippen LogP contribution in [0.1, 0.15) is 39.6 Å². The maximum Gasteiger partial charge on any atom is 0.407 e. The van der Waals surface area contributed by atoms with Crippen LogP contribution in [-0.2, 0) is 11.3 Å². The first-order valence-electron chi connectivity index (χ1n) is 8.37. The van der Waals surface area contributed by atoms with Crippen molar-refractivity contribution < 1.29 is 24.5 Å². The molecule has 2 unspecified atom stereocenters. The van der Waals surface area contributed by atoms with Crippen molar-refractivity contribution in [2.75, 3.05) is 6.54 Å². The summed E-state index contributed by atoms with van der Waals surface area (Å²) < 4.78 is 5.06. The summed E-state index contributed by atoms with van der Waals surface area (Å²) in [6.07, 6.45) is -2.16. The Morgan fingerprint density at radius 2 is 1.92 bits per heavy atom. The molecule has 0 saturated heterocycles. The molecular weight excluding hydrogens is 334 g/mol. The number of nitrogens with one attached hydrogen (secondary N) is 1. The number of aliphatic hydroxyl groups excluding tert-OH is 2. The van der Waals surface area contributed by atoms with E-state index in [-0.39, 0.29) is 19.6 Å². The fourth-order valence-corrected chi connectivity index (χ4v) is 2.53. The van der Waals surface area contributed by atoms with E-state index in [0.29, 0.717) is 17.4 Å². The molecule has 0 aliphatic carbocycles. The standard InChI is InChI=1S/C20H23NO5/c1-14-7-8-17(16(11-14)12-22)19(24)18(23)9-10-21-20(25)26-13-15-5-3-2-4-6-15/h2-8,11-12,18-19,23-24H,9-10,13H2,1H3,(H,21,25). The predicted molar refractivity (Wildman–Crippen MR) is 96.8 cm³/mol. The topological polar surface area (TPSA) is 95.9 Å². The van der Waals surface area contributed by atoms with Gasteiger partial charge < -0.3 is 20.3 Å². The van der Waals surface area contributed by atoms with Crippen LogP contribution in [0.5, 0.6) is 0 Å². The summed E-state index contributed by atoms with van der Waals surface area (Å²) in [7, 11) is 0. The Balaban J connectivity index is 1.78. The van der Waals surface area contributed by atoms with E-state index in [1.165, 1.54) is 0 Å². The predicted octanol–water partition coefficient (Wildman–Crippen LogP) is 2.52. The van der Waals surface area contributed by atoms with Crippen molar-refractivity contribution in [1.29, 1.82) is 0 Å². The number of hydrogen-bond acceptors (Lipinski definition) is 5. The maximum absolute atomic E-state index is 11.7. The number of amides is 1. The smallest absolute Gasteiger partial charge is 0.407 e. The van der Waals surface area contributed by atoms with Crippen molar-refractivity contribution in [3.05, 3.63) is 70.8 Å². The van der Waals surface area contributed by atoms with Gasteiger partial charge in [-0.05, 0) is 30.5 Å². The Morgan fingerprint density at radius 1 is 1.19 bits per heavy atom. The second kappa shape index (κ2) is 9.70. The maximum atomic E-state index is 11.7. The number of aliphatic hydroxyl groups is 2. The lowest BCUT2D eigenvalue weighted by molar-refractivity contribution is 0.0133. The van der Waals surface area contributed by atoms with Crippen molar-refractivity contribution in [3.8, 4) is 0 Å². The number of ether oxygens (including phenoxy) is 1. The molecule has 0 radical (unpaired) electrons. The van der Waals surface area contributed by atoms with Gasteiger partial charge in [0, 0.05) is 12.1 Å². The summed E-state index contributed by atoms with van der Waals surface area (Å²) in [5.74, 6) is 0. The number of alkyl carbamates (subject to hydrolysis) is 1. The third-order valence-electron chi connectivity index (χ3n) is 3.97. The quantitative estimate of drug-likeness (QED) is 0.631. The molecule has 0 aliphatic heterocycles. The zero-order valence-corrected chi connectivity index (χ0v) is 14.6. The van der Waals surface area contributed by atoms with Crippen molar-refractivity contribution in [2.24, 2.45) is 0 Å². The molecule has 2 rings (SSSR count). The molecule has 6 nitrogen and oxygen atoms in total. The first-order chi connectivity index (χ1) is 12.5. The fraction of sp³-hybridized carbons (Fsp3) is 0.300. The monoisotopic (exact) mass is 357 g/mol. The van der Waals surface area contributed by atoms with E-state index in [2.05, 4.69) is 5.32 Å². The van der Waals surface area contributed by atoms with Crippen LogP contribution in [0.2, 0.25) is 0 Å². The number of carbonyl (C=O) groups excluding carboxylic acids is 2. The van der Waals surface area contributed by atoms with Crippen LogP contribution >= 0.6 is 0 Å². The number of aldehydes is 1. The van der Waals surface area contributed by atoms with Crippen molar-refractivity contribution in [3.63, 3.8) is 0 Å². The molecule has 0 heterocycles. The first-order valence-corrected chi connectivity index (χ1v) is 8.37. The lowest BCUT2D eigenvalue weighted by atomic mass is 9.96. The second-order valence-corrected chi connectivity index (χ2v) is 6.04. The summed E-state index contributed by atoms with van der Waals surface area (Å²) in [4.78, 5) is 22.8. The van der Waals surface area contributed by atoms with Gasteiger partial charge in [0.1, 0.15) is 19.0 Å². The number of rotatable bonds is 8. The van der Waals surface area contributed by atoms with Gasteiger partial charge in [-0.3, -0.25) is 4.79 Å². The summed E-state index contributed by atoms with van der Waals surface area (Å²) in [5, 5.41) is 22.9. The minimum Gasteiger partial charge on any atom is -0.445 e. The largest absolute Gasteiger partial charge is 0.445 e. The van der Waals surface area contributed by atoms with Crippen LogP contribution in [-0.4, -0.2) is 35.2 Å². The van der Waals surface area contributed by atoms with Gasteiger partial charge in [0.25, 0.3) is 0 Å². The number of carbonyl (C=O) groups is 2. The number of hydrogen-bond donors (Lipinski definition) is 3. The van der Waals surface area contributed by atoms with E-state index < -0.39 is 18.3 Å². The molecule has 0 bridgehead atoms. The summed E-state index contributed by atoms with van der Waals surface area (Å²) >= 11 is 0. The molecule has 0 aromatic heterocycles. The van der Waals surface area contributed by atoms with Gasteiger partial charge in [0.15, 0.2) is 0 Å². The molecule has 0 aliphatic rings. The first kappa shape index (κ1) is 19.6. The highest BCUT2D eigenvalue weighted by molar-refractivity contribution is 5.78. The van der Waals surface area contributed by atoms with Gasteiger partial charge in [-0.2, -0.15) is 0 Å². The lowest BCUT2D eigenvalue weighted by Gasteiger charge is -2.20. The van der Waals surface area contributed by atoms with E-state index in [1.54, 1.807) is 18.2 Å². The van der Waals surface area contributed by atoms with Crippen LogP contribution in [0.25, 0.3) is 0 Å².